The van der Waals surface area contributed by atoms with Crippen LogP contribution < -0.4 is 0 Å². The number of likely N-dealkylation sites (tertiary alicyclic amines) is 1. The first-order valence-electron chi connectivity index (χ1n) is 6.47. The smallest absolute Gasteiger partial charge is 0.232 e. The van der Waals surface area contributed by atoms with Crippen molar-refractivity contribution in [2.24, 2.45) is 5.41 Å². The second kappa shape index (κ2) is 6.64. The Morgan fingerprint density at radius 2 is 2.24 bits per heavy atom. The minimum Gasteiger partial charge on any atom is -0.344 e. The van der Waals surface area contributed by atoms with Crippen molar-refractivity contribution in [1.29, 1.82) is 0 Å². The van der Waals surface area contributed by atoms with Crippen molar-refractivity contribution in [3.8, 4) is 0 Å². The van der Waals surface area contributed by atoms with E-state index in [1.807, 2.05) is 11.9 Å². The molecule has 0 aliphatic carbocycles. The fourth-order valence-corrected chi connectivity index (χ4v) is 3.30. The summed E-state index contributed by atoms with van der Waals surface area (Å²) < 4.78 is 0. The zero-order valence-electron chi connectivity index (χ0n) is 11.7. The average molecular weight is 258 g/mol. The van der Waals surface area contributed by atoms with E-state index in [-0.39, 0.29) is 11.3 Å². The van der Waals surface area contributed by atoms with Gasteiger partial charge in [-0.1, -0.05) is 13.8 Å². The Hall–Kier alpha value is -0.220. The van der Waals surface area contributed by atoms with Crippen LogP contribution in [0.5, 0.6) is 0 Å². The molecule has 0 aromatic carbocycles. The lowest BCUT2D eigenvalue weighted by Gasteiger charge is -2.29. The molecule has 1 saturated heterocycles. The number of thioether (sulfide) groups is 1. The normalized spacial score (nSPS) is 25.2. The number of carbonyl (C=O) groups excluding carboxylic acids is 1. The summed E-state index contributed by atoms with van der Waals surface area (Å²) in [5, 5.41) is 0. The summed E-state index contributed by atoms with van der Waals surface area (Å²) in [5.74, 6) is 2.00. The second-order valence-corrected chi connectivity index (χ2v) is 6.71. The number of carbonyl (C=O) groups is 1. The van der Waals surface area contributed by atoms with Crippen molar-refractivity contribution in [2.75, 3.05) is 45.2 Å². The van der Waals surface area contributed by atoms with Crippen LogP contribution in [-0.2, 0) is 4.79 Å². The molecule has 3 nitrogen and oxygen atoms in total. The van der Waals surface area contributed by atoms with E-state index in [9.17, 15) is 4.79 Å². The predicted octanol–water partition coefficient (Wildman–Crippen LogP) is 1.93. The maximum atomic E-state index is 11.9. The third-order valence-electron chi connectivity index (χ3n) is 3.37. The van der Waals surface area contributed by atoms with Crippen molar-refractivity contribution in [3.63, 3.8) is 0 Å². The molecular weight excluding hydrogens is 232 g/mol. The summed E-state index contributed by atoms with van der Waals surface area (Å²) in [6.45, 7) is 7.59. The highest BCUT2D eigenvalue weighted by Gasteiger charge is 2.33. The Bertz CT molecular complexity index is 260. The Morgan fingerprint density at radius 1 is 1.53 bits per heavy atom. The van der Waals surface area contributed by atoms with Crippen LogP contribution in [0.3, 0.4) is 0 Å². The lowest BCUT2D eigenvalue weighted by atomic mass is 9.89. The zero-order valence-corrected chi connectivity index (χ0v) is 12.5. The number of hydrogen-bond donors (Lipinski definition) is 0. The number of hydrogen-bond acceptors (Lipinski definition) is 3. The van der Waals surface area contributed by atoms with Crippen molar-refractivity contribution in [2.45, 2.75) is 26.7 Å². The highest BCUT2D eigenvalue weighted by molar-refractivity contribution is 7.99. The Morgan fingerprint density at radius 3 is 2.76 bits per heavy atom. The lowest BCUT2D eigenvalue weighted by Crippen LogP contribution is -2.39. The average Bonchev–Trinajstić information content (AvgIpc) is 2.58. The highest BCUT2D eigenvalue weighted by atomic mass is 32.2. The minimum absolute atomic E-state index is 0.277. The number of nitrogens with zero attached hydrogens (tertiary/aromatic N) is 2. The van der Waals surface area contributed by atoms with Gasteiger partial charge < -0.3 is 9.80 Å². The van der Waals surface area contributed by atoms with Crippen LogP contribution >= 0.6 is 11.8 Å². The molecule has 17 heavy (non-hydrogen) atoms. The van der Waals surface area contributed by atoms with Gasteiger partial charge >= 0.3 is 0 Å². The van der Waals surface area contributed by atoms with Crippen LogP contribution in [0.15, 0.2) is 0 Å². The summed E-state index contributed by atoms with van der Waals surface area (Å²) in [5.41, 5.74) is 0.286. The molecule has 1 heterocycles. The van der Waals surface area contributed by atoms with E-state index in [1.165, 1.54) is 6.42 Å². The minimum atomic E-state index is 0.277. The maximum Gasteiger partial charge on any atom is 0.232 e. The highest BCUT2D eigenvalue weighted by Crippen LogP contribution is 2.29. The molecule has 0 aromatic rings. The van der Waals surface area contributed by atoms with E-state index in [0.717, 1.165) is 31.8 Å². The van der Waals surface area contributed by atoms with E-state index >= 15 is 0 Å². The first kappa shape index (κ1) is 14.8. The monoisotopic (exact) mass is 258 g/mol. The largest absolute Gasteiger partial charge is 0.344 e. The van der Waals surface area contributed by atoms with Crippen LogP contribution in [-0.4, -0.2) is 60.9 Å². The number of amides is 1. The van der Waals surface area contributed by atoms with Crippen molar-refractivity contribution < 1.29 is 4.79 Å². The van der Waals surface area contributed by atoms with Gasteiger partial charge in [-0.3, -0.25) is 4.79 Å². The Balaban J connectivity index is 2.32. The lowest BCUT2D eigenvalue weighted by molar-refractivity contribution is -0.128. The molecule has 0 radical (unpaired) electrons. The van der Waals surface area contributed by atoms with Crippen LogP contribution in [0.4, 0.5) is 0 Å². The van der Waals surface area contributed by atoms with E-state index in [0.29, 0.717) is 5.75 Å². The van der Waals surface area contributed by atoms with Crippen LogP contribution in [0.1, 0.15) is 26.7 Å². The fourth-order valence-electron chi connectivity index (χ4n) is 2.47. The molecule has 1 atom stereocenters. The molecule has 0 saturated carbocycles. The van der Waals surface area contributed by atoms with Gasteiger partial charge in [0, 0.05) is 20.1 Å². The molecule has 1 unspecified atom stereocenters. The van der Waals surface area contributed by atoms with Crippen LogP contribution in [0, 0.1) is 5.41 Å². The van der Waals surface area contributed by atoms with Crippen LogP contribution in [0.2, 0.25) is 0 Å². The molecule has 1 fully saturated rings. The zero-order chi connectivity index (χ0) is 12.9. The van der Waals surface area contributed by atoms with Gasteiger partial charge in [-0.05, 0) is 37.6 Å². The van der Waals surface area contributed by atoms with Gasteiger partial charge in [0.15, 0.2) is 0 Å². The molecule has 1 rings (SSSR count). The molecule has 0 bridgehead atoms. The quantitative estimate of drug-likeness (QED) is 0.680. The van der Waals surface area contributed by atoms with E-state index in [2.05, 4.69) is 25.8 Å². The predicted molar refractivity (Wildman–Crippen MR) is 75.5 cm³/mol. The van der Waals surface area contributed by atoms with Crippen molar-refractivity contribution in [1.82, 2.24) is 9.80 Å². The molecule has 0 spiro atoms. The summed E-state index contributed by atoms with van der Waals surface area (Å²) in [6.07, 6.45) is 2.34. The Labute approximate surface area is 110 Å². The summed E-state index contributed by atoms with van der Waals surface area (Å²) in [6, 6.07) is 0. The van der Waals surface area contributed by atoms with E-state index in [1.54, 1.807) is 11.8 Å². The van der Waals surface area contributed by atoms with Gasteiger partial charge in [0.25, 0.3) is 0 Å². The SMILES string of the molecule is CCCSCC(=O)N(C)CC1(C)CCN(C)C1. The van der Waals surface area contributed by atoms with Gasteiger partial charge in [-0.15, -0.1) is 0 Å². The fraction of sp³-hybridized carbons (Fsp3) is 0.923. The van der Waals surface area contributed by atoms with Gasteiger partial charge in [0.2, 0.25) is 5.91 Å². The van der Waals surface area contributed by atoms with Gasteiger partial charge in [0.05, 0.1) is 5.75 Å². The molecule has 1 amide bonds. The summed E-state index contributed by atoms with van der Waals surface area (Å²) in [4.78, 5) is 16.2. The van der Waals surface area contributed by atoms with Crippen molar-refractivity contribution in [3.05, 3.63) is 0 Å². The molecule has 0 N–H and O–H groups in total. The number of rotatable bonds is 6. The first-order chi connectivity index (χ1) is 7.97. The molecule has 100 valence electrons. The van der Waals surface area contributed by atoms with Gasteiger partial charge in [-0.25, -0.2) is 0 Å². The molecule has 0 aromatic heterocycles. The molecule has 4 heteroatoms. The molecule has 1 aliphatic rings. The molecular formula is C13H26N2OS. The van der Waals surface area contributed by atoms with E-state index in [4.69, 9.17) is 0 Å². The topological polar surface area (TPSA) is 23.6 Å². The summed E-state index contributed by atoms with van der Waals surface area (Å²) in [7, 11) is 4.10. The second-order valence-electron chi connectivity index (χ2n) is 5.60. The first-order valence-corrected chi connectivity index (χ1v) is 7.62. The third kappa shape index (κ3) is 4.88. The summed E-state index contributed by atoms with van der Waals surface area (Å²) >= 11 is 1.75. The Kier molecular flexibility index (Phi) is 5.80. The maximum absolute atomic E-state index is 11.9. The third-order valence-corrected chi connectivity index (χ3v) is 4.52. The van der Waals surface area contributed by atoms with Gasteiger partial charge in [0.1, 0.15) is 0 Å². The van der Waals surface area contributed by atoms with Crippen molar-refractivity contribution >= 4 is 17.7 Å². The van der Waals surface area contributed by atoms with E-state index < -0.39 is 0 Å². The van der Waals surface area contributed by atoms with Crippen LogP contribution in [0.25, 0.3) is 0 Å². The van der Waals surface area contributed by atoms with Gasteiger partial charge in [-0.2, -0.15) is 11.8 Å². The molecule has 1 aliphatic heterocycles. The standard InChI is InChI=1S/C13H26N2OS/c1-5-8-17-9-12(16)15(4)11-13(2)6-7-14(3)10-13/h5-11H2,1-4H3.